The van der Waals surface area contributed by atoms with Crippen molar-refractivity contribution in [2.75, 3.05) is 0 Å². The molecule has 0 N–H and O–H groups in total. The van der Waals surface area contributed by atoms with Crippen molar-refractivity contribution in [2.45, 2.75) is 64.7 Å². The topological polar surface area (TPSA) is 0 Å². The Morgan fingerprint density at radius 1 is 1.00 bits per heavy atom. The van der Waals surface area contributed by atoms with Crippen LogP contribution in [0.5, 0.6) is 0 Å². The van der Waals surface area contributed by atoms with E-state index in [9.17, 15) is 0 Å². The lowest BCUT2D eigenvalue weighted by Crippen LogP contribution is -2.32. The molecule has 0 saturated heterocycles. The van der Waals surface area contributed by atoms with Crippen molar-refractivity contribution in [1.29, 1.82) is 0 Å². The minimum Gasteiger partial charge on any atom is -0.103 e. The molecule has 1 saturated carbocycles. The van der Waals surface area contributed by atoms with Gasteiger partial charge in [-0.05, 0) is 102 Å². The van der Waals surface area contributed by atoms with Crippen molar-refractivity contribution in [2.24, 2.45) is 11.3 Å². The highest BCUT2D eigenvalue weighted by Gasteiger charge is 2.40. The van der Waals surface area contributed by atoms with E-state index in [2.05, 4.69) is 69.0 Å². The maximum absolute atomic E-state index is 6.23. The number of halogens is 2. The van der Waals surface area contributed by atoms with Gasteiger partial charge in [0.1, 0.15) is 0 Å². The number of rotatable bonds is 7. The Hall–Kier alpha value is -2.02. The second kappa shape index (κ2) is 11.1. The van der Waals surface area contributed by atoms with Crippen molar-refractivity contribution >= 4 is 28.8 Å². The van der Waals surface area contributed by atoms with Crippen LogP contribution in [0, 0.1) is 11.3 Å². The van der Waals surface area contributed by atoms with Gasteiger partial charge in [0.05, 0.1) is 0 Å². The molecule has 1 fully saturated rings. The third-order valence-corrected chi connectivity index (χ3v) is 8.59. The Morgan fingerprint density at radius 2 is 1.68 bits per heavy atom. The van der Waals surface area contributed by atoms with Crippen molar-refractivity contribution in [3.63, 3.8) is 0 Å². The summed E-state index contributed by atoms with van der Waals surface area (Å²) < 4.78 is 0. The average Bonchev–Trinajstić information content (AvgIpc) is 2.82. The molecule has 0 heterocycles. The van der Waals surface area contributed by atoms with Crippen LogP contribution in [0.4, 0.5) is 0 Å². The summed E-state index contributed by atoms with van der Waals surface area (Å²) in [4.78, 5) is 0. The molecule has 2 aliphatic rings. The third kappa shape index (κ3) is 5.78. The van der Waals surface area contributed by atoms with E-state index in [-0.39, 0.29) is 5.41 Å². The van der Waals surface area contributed by atoms with Crippen molar-refractivity contribution in [1.82, 2.24) is 0 Å². The van der Waals surface area contributed by atoms with E-state index in [0.29, 0.717) is 11.8 Å². The van der Waals surface area contributed by atoms with Gasteiger partial charge in [0, 0.05) is 10.0 Å². The van der Waals surface area contributed by atoms with Crippen LogP contribution in [-0.2, 0) is 0 Å². The van der Waals surface area contributed by atoms with Crippen molar-refractivity contribution in [3.8, 4) is 0 Å². The molecule has 0 amide bonds. The molecule has 4 rings (SSSR count). The molecule has 0 aliphatic heterocycles. The quantitative estimate of drug-likeness (QED) is 0.338. The summed E-state index contributed by atoms with van der Waals surface area (Å²) >= 11 is 12.3. The van der Waals surface area contributed by atoms with Gasteiger partial charge in [-0.3, -0.25) is 0 Å². The van der Waals surface area contributed by atoms with Gasteiger partial charge < -0.3 is 0 Å². The molecule has 178 valence electrons. The summed E-state index contributed by atoms with van der Waals surface area (Å²) in [6.07, 6.45) is 17.9. The lowest BCUT2D eigenvalue weighted by atomic mass is 9.60. The maximum Gasteiger partial charge on any atom is 0.0406 e. The molecular formula is C32H36Cl2. The van der Waals surface area contributed by atoms with Crippen molar-refractivity contribution < 1.29 is 0 Å². The molecule has 0 radical (unpaired) electrons. The van der Waals surface area contributed by atoms with Gasteiger partial charge in [-0.25, -0.2) is 0 Å². The van der Waals surface area contributed by atoms with E-state index in [1.807, 2.05) is 24.3 Å². The Bertz CT molecular complexity index is 1080. The summed E-state index contributed by atoms with van der Waals surface area (Å²) in [5, 5.41) is 1.58. The standard InChI is InChI=1S/C32H36Cl2/c1-4-25-8-6-5-7-19-32(21-25,24(3)27-13-17-31(34)18-14-27)22-29-10-9-28(29)20-23(2)26-11-15-30(33)16-12-26/h4,9-18,20,24-25H,1,5-8,19,21-22H2,2-3H3/b23-20+. The Labute approximate surface area is 216 Å². The van der Waals surface area contributed by atoms with E-state index >= 15 is 0 Å². The molecule has 0 aromatic heterocycles. The predicted octanol–water partition coefficient (Wildman–Crippen LogP) is 10.6. The first-order valence-electron chi connectivity index (χ1n) is 12.6. The van der Waals surface area contributed by atoms with Crippen LogP contribution in [0.15, 0.2) is 90.6 Å². The molecule has 0 spiro atoms. The monoisotopic (exact) mass is 490 g/mol. The Morgan fingerprint density at radius 3 is 2.29 bits per heavy atom. The van der Waals surface area contributed by atoms with Crippen LogP contribution in [0.1, 0.15) is 75.8 Å². The van der Waals surface area contributed by atoms with Crippen LogP contribution >= 0.6 is 23.2 Å². The molecule has 34 heavy (non-hydrogen) atoms. The Balaban J connectivity index is 1.61. The predicted molar refractivity (Wildman–Crippen MR) is 150 cm³/mol. The number of hydrogen-bond acceptors (Lipinski definition) is 0. The highest BCUT2D eigenvalue weighted by atomic mass is 35.5. The first-order chi connectivity index (χ1) is 16.4. The zero-order chi connectivity index (χ0) is 24.1. The zero-order valence-corrected chi connectivity index (χ0v) is 22.0. The largest absolute Gasteiger partial charge is 0.103 e. The SMILES string of the molecule is C=CC1CCCCCC(CC2=CC=C2/C=C(\C)c2ccc(Cl)cc2)(C(C)c2ccc(Cl)cc2)C1. The van der Waals surface area contributed by atoms with Crippen molar-refractivity contribution in [3.05, 3.63) is 112 Å². The number of allylic oxidation sites excluding steroid dienone is 7. The summed E-state index contributed by atoms with van der Waals surface area (Å²) in [5.74, 6) is 1.03. The van der Waals surface area contributed by atoms with E-state index in [1.165, 1.54) is 66.4 Å². The van der Waals surface area contributed by atoms with Gasteiger partial charge in [-0.1, -0.05) is 98.0 Å². The van der Waals surface area contributed by atoms with Crippen LogP contribution in [-0.4, -0.2) is 0 Å². The second-order valence-electron chi connectivity index (χ2n) is 10.3. The summed E-state index contributed by atoms with van der Waals surface area (Å²) in [6, 6.07) is 16.7. The first-order valence-corrected chi connectivity index (χ1v) is 13.4. The molecule has 0 nitrogen and oxygen atoms in total. The zero-order valence-electron chi connectivity index (χ0n) is 20.5. The first kappa shape index (κ1) is 25.1. The lowest BCUT2D eigenvalue weighted by Gasteiger charge is -2.44. The minimum absolute atomic E-state index is 0.209. The molecule has 2 aromatic rings. The molecule has 2 aromatic carbocycles. The fourth-order valence-electron chi connectivity index (χ4n) is 5.81. The molecule has 2 aliphatic carbocycles. The molecular weight excluding hydrogens is 455 g/mol. The maximum atomic E-state index is 6.23. The van der Waals surface area contributed by atoms with Crippen LogP contribution in [0.2, 0.25) is 10.0 Å². The molecule has 3 unspecified atom stereocenters. The highest BCUT2D eigenvalue weighted by molar-refractivity contribution is 6.30. The molecule has 0 bridgehead atoms. The normalized spacial score (nSPS) is 24.2. The van der Waals surface area contributed by atoms with Gasteiger partial charge >= 0.3 is 0 Å². The number of benzene rings is 2. The fourth-order valence-corrected chi connectivity index (χ4v) is 6.06. The van der Waals surface area contributed by atoms with E-state index in [0.717, 1.165) is 16.5 Å². The summed E-state index contributed by atoms with van der Waals surface area (Å²) in [7, 11) is 0. The van der Waals surface area contributed by atoms with Gasteiger partial charge in [0.2, 0.25) is 0 Å². The smallest absolute Gasteiger partial charge is 0.0406 e. The fraction of sp³-hybridized carbons (Fsp3) is 0.375. The highest BCUT2D eigenvalue weighted by Crippen LogP contribution is 2.53. The van der Waals surface area contributed by atoms with Gasteiger partial charge in [0.25, 0.3) is 0 Å². The van der Waals surface area contributed by atoms with Gasteiger partial charge in [-0.15, -0.1) is 6.58 Å². The molecule has 3 atom stereocenters. The van der Waals surface area contributed by atoms with Crippen LogP contribution in [0.3, 0.4) is 0 Å². The van der Waals surface area contributed by atoms with Gasteiger partial charge in [0.15, 0.2) is 0 Å². The lowest BCUT2D eigenvalue weighted by molar-refractivity contribution is 0.147. The van der Waals surface area contributed by atoms with E-state index in [1.54, 1.807) is 0 Å². The Kier molecular flexibility index (Phi) is 8.22. The molecule has 2 heteroatoms. The van der Waals surface area contributed by atoms with E-state index < -0.39 is 0 Å². The number of hydrogen-bond donors (Lipinski definition) is 0. The van der Waals surface area contributed by atoms with Gasteiger partial charge in [-0.2, -0.15) is 0 Å². The average molecular weight is 492 g/mol. The van der Waals surface area contributed by atoms with Crippen LogP contribution in [0.25, 0.3) is 5.57 Å². The minimum atomic E-state index is 0.209. The summed E-state index contributed by atoms with van der Waals surface area (Å²) in [6.45, 7) is 8.83. The third-order valence-electron chi connectivity index (χ3n) is 8.09. The van der Waals surface area contributed by atoms with E-state index in [4.69, 9.17) is 23.2 Å². The summed E-state index contributed by atoms with van der Waals surface area (Å²) in [5.41, 5.74) is 6.95. The second-order valence-corrected chi connectivity index (χ2v) is 11.1. The van der Waals surface area contributed by atoms with Crippen LogP contribution < -0.4 is 0 Å².